The number of nitrogens with zero attached hydrogens (tertiary/aromatic N) is 4. The molecule has 4 rings (SSSR count). The third-order valence-electron chi connectivity index (χ3n) is 4.14. The largest absolute Gasteiger partial charge is 0.370 e. The molecule has 4 aromatic rings. The normalized spacial score (nSPS) is 10.5. The minimum Gasteiger partial charge on any atom is -0.370 e. The van der Waals surface area contributed by atoms with Crippen LogP contribution in [0.4, 0.5) is 5.82 Å². The van der Waals surface area contributed by atoms with Crippen LogP contribution in [-0.4, -0.2) is 26.5 Å². The Morgan fingerprint density at radius 1 is 0.778 bits per heavy atom. The molecule has 132 valence electrons. The Morgan fingerprint density at radius 3 is 2.44 bits per heavy atom. The van der Waals surface area contributed by atoms with Crippen molar-refractivity contribution in [1.29, 1.82) is 0 Å². The van der Waals surface area contributed by atoms with E-state index in [2.05, 4.69) is 49.5 Å². The fourth-order valence-electron chi connectivity index (χ4n) is 2.79. The van der Waals surface area contributed by atoms with Gasteiger partial charge in [-0.15, -0.1) is 0 Å². The Morgan fingerprint density at radius 2 is 1.67 bits per heavy atom. The van der Waals surface area contributed by atoms with Crippen LogP contribution < -0.4 is 5.32 Å². The van der Waals surface area contributed by atoms with E-state index in [1.165, 1.54) is 5.56 Å². The molecule has 0 fully saturated rings. The fourth-order valence-corrected chi connectivity index (χ4v) is 2.79. The lowest BCUT2D eigenvalue weighted by Gasteiger charge is -2.10. The van der Waals surface area contributed by atoms with Gasteiger partial charge in [-0.1, -0.05) is 36.4 Å². The standard InChI is InChI=1S/C22H19N5/c1-2-7-17(8-3-1)11-14-25-21-15-20(19-10-4-5-13-24-19)26-22(27-21)18-9-6-12-23-16-18/h1-10,12-13,15-16H,11,14H2,(H,25,26,27). The molecule has 0 aliphatic carbocycles. The lowest BCUT2D eigenvalue weighted by Crippen LogP contribution is -2.08. The molecular weight excluding hydrogens is 334 g/mol. The SMILES string of the molecule is c1ccc(CCNc2cc(-c3ccccn3)nc(-c3cccnc3)n2)cc1. The summed E-state index contributed by atoms with van der Waals surface area (Å²) in [6, 6.07) is 22.0. The molecule has 5 nitrogen and oxygen atoms in total. The second-order valence-electron chi connectivity index (χ2n) is 6.08. The first kappa shape index (κ1) is 16.8. The van der Waals surface area contributed by atoms with Gasteiger partial charge in [-0.2, -0.15) is 0 Å². The van der Waals surface area contributed by atoms with E-state index in [-0.39, 0.29) is 0 Å². The molecular formula is C22H19N5. The first-order valence-electron chi connectivity index (χ1n) is 8.87. The second-order valence-corrected chi connectivity index (χ2v) is 6.08. The van der Waals surface area contributed by atoms with Gasteiger partial charge in [-0.25, -0.2) is 9.97 Å². The van der Waals surface area contributed by atoms with Crippen LogP contribution in [0.1, 0.15) is 5.56 Å². The average molecular weight is 353 g/mol. The first-order valence-corrected chi connectivity index (χ1v) is 8.87. The fraction of sp³-hybridized carbons (Fsp3) is 0.0909. The molecule has 0 amide bonds. The van der Waals surface area contributed by atoms with Crippen molar-refractivity contribution in [3.63, 3.8) is 0 Å². The molecule has 3 heterocycles. The van der Waals surface area contributed by atoms with Gasteiger partial charge in [0.05, 0.1) is 11.4 Å². The van der Waals surface area contributed by atoms with E-state index in [0.29, 0.717) is 5.82 Å². The van der Waals surface area contributed by atoms with E-state index in [1.807, 2.05) is 42.5 Å². The zero-order valence-electron chi connectivity index (χ0n) is 14.8. The summed E-state index contributed by atoms with van der Waals surface area (Å²) in [5.74, 6) is 1.41. The molecule has 0 bridgehead atoms. The van der Waals surface area contributed by atoms with E-state index < -0.39 is 0 Å². The van der Waals surface area contributed by atoms with Crippen LogP contribution >= 0.6 is 0 Å². The number of pyridine rings is 2. The highest BCUT2D eigenvalue weighted by Gasteiger charge is 2.09. The number of benzene rings is 1. The second kappa shape index (κ2) is 8.19. The van der Waals surface area contributed by atoms with Gasteiger partial charge in [0, 0.05) is 36.8 Å². The topological polar surface area (TPSA) is 63.6 Å². The highest BCUT2D eigenvalue weighted by Crippen LogP contribution is 2.22. The highest BCUT2D eigenvalue weighted by molar-refractivity contribution is 5.64. The van der Waals surface area contributed by atoms with Crippen LogP contribution in [0, 0.1) is 0 Å². The Kier molecular flexibility index (Phi) is 5.11. The van der Waals surface area contributed by atoms with Crippen molar-refractivity contribution in [2.45, 2.75) is 6.42 Å². The average Bonchev–Trinajstić information content (AvgIpc) is 2.76. The van der Waals surface area contributed by atoms with Crippen LogP contribution in [0.15, 0.2) is 85.3 Å². The van der Waals surface area contributed by atoms with Gasteiger partial charge >= 0.3 is 0 Å². The maximum Gasteiger partial charge on any atom is 0.163 e. The lowest BCUT2D eigenvalue weighted by atomic mass is 10.1. The van der Waals surface area contributed by atoms with Crippen LogP contribution in [-0.2, 0) is 6.42 Å². The van der Waals surface area contributed by atoms with E-state index in [4.69, 9.17) is 0 Å². The number of hydrogen-bond donors (Lipinski definition) is 1. The van der Waals surface area contributed by atoms with Gasteiger partial charge in [0.1, 0.15) is 5.82 Å². The zero-order chi connectivity index (χ0) is 18.3. The smallest absolute Gasteiger partial charge is 0.163 e. The predicted octanol–water partition coefficient (Wildman–Crippen LogP) is 4.26. The number of nitrogens with one attached hydrogen (secondary N) is 1. The molecule has 1 N–H and O–H groups in total. The highest BCUT2D eigenvalue weighted by atomic mass is 15.0. The number of aromatic nitrogens is 4. The Balaban J connectivity index is 1.62. The molecule has 3 aromatic heterocycles. The van der Waals surface area contributed by atoms with E-state index >= 15 is 0 Å². The van der Waals surface area contributed by atoms with Gasteiger partial charge in [0.2, 0.25) is 0 Å². The molecule has 0 aliphatic heterocycles. The number of anilines is 1. The van der Waals surface area contributed by atoms with Crippen molar-refractivity contribution in [2.24, 2.45) is 0 Å². The summed E-state index contributed by atoms with van der Waals surface area (Å²) in [5, 5.41) is 3.41. The van der Waals surface area contributed by atoms with Crippen LogP contribution in [0.2, 0.25) is 0 Å². The van der Waals surface area contributed by atoms with Crippen LogP contribution in [0.25, 0.3) is 22.8 Å². The number of rotatable bonds is 6. The molecule has 0 atom stereocenters. The molecule has 27 heavy (non-hydrogen) atoms. The van der Waals surface area contributed by atoms with Gasteiger partial charge in [-0.05, 0) is 36.2 Å². The molecule has 0 spiro atoms. The molecule has 0 aliphatic rings. The van der Waals surface area contributed by atoms with Crippen LogP contribution in [0.5, 0.6) is 0 Å². The molecule has 0 saturated heterocycles. The minimum absolute atomic E-state index is 0.633. The molecule has 0 unspecified atom stereocenters. The van der Waals surface area contributed by atoms with Gasteiger partial charge in [0.15, 0.2) is 5.82 Å². The zero-order valence-corrected chi connectivity index (χ0v) is 14.8. The summed E-state index contributed by atoms with van der Waals surface area (Å²) < 4.78 is 0. The van der Waals surface area contributed by atoms with Gasteiger partial charge in [0.25, 0.3) is 0 Å². The summed E-state index contributed by atoms with van der Waals surface area (Å²) in [6.45, 7) is 0.787. The van der Waals surface area contributed by atoms with Crippen molar-refractivity contribution in [3.05, 3.63) is 90.9 Å². The van der Waals surface area contributed by atoms with E-state index in [0.717, 1.165) is 35.7 Å². The summed E-state index contributed by atoms with van der Waals surface area (Å²) in [6.07, 6.45) is 6.20. The molecule has 0 saturated carbocycles. The van der Waals surface area contributed by atoms with E-state index in [1.54, 1.807) is 18.6 Å². The summed E-state index contributed by atoms with van der Waals surface area (Å²) in [4.78, 5) is 18.0. The van der Waals surface area contributed by atoms with Crippen molar-refractivity contribution in [3.8, 4) is 22.8 Å². The summed E-state index contributed by atoms with van der Waals surface area (Å²) in [5.41, 5.74) is 3.76. The summed E-state index contributed by atoms with van der Waals surface area (Å²) in [7, 11) is 0. The molecule has 0 radical (unpaired) electrons. The predicted molar refractivity (Wildman–Crippen MR) is 107 cm³/mol. The minimum atomic E-state index is 0.633. The first-order chi connectivity index (χ1) is 13.4. The lowest BCUT2D eigenvalue weighted by molar-refractivity contribution is 1.00. The van der Waals surface area contributed by atoms with Crippen molar-refractivity contribution >= 4 is 5.82 Å². The maximum atomic E-state index is 4.69. The summed E-state index contributed by atoms with van der Waals surface area (Å²) >= 11 is 0. The van der Waals surface area contributed by atoms with Crippen molar-refractivity contribution < 1.29 is 0 Å². The van der Waals surface area contributed by atoms with Crippen molar-refractivity contribution in [2.75, 3.05) is 11.9 Å². The monoisotopic (exact) mass is 353 g/mol. The van der Waals surface area contributed by atoms with Crippen molar-refractivity contribution in [1.82, 2.24) is 19.9 Å². The Hall–Kier alpha value is -3.60. The van der Waals surface area contributed by atoms with Crippen LogP contribution in [0.3, 0.4) is 0 Å². The third-order valence-corrected chi connectivity index (χ3v) is 4.14. The van der Waals surface area contributed by atoms with E-state index in [9.17, 15) is 0 Å². The quantitative estimate of drug-likeness (QED) is 0.561. The van der Waals surface area contributed by atoms with Gasteiger partial charge in [-0.3, -0.25) is 9.97 Å². The Labute approximate surface area is 158 Å². The molecule has 5 heteroatoms. The molecule has 1 aromatic carbocycles. The number of hydrogen-bond acceptors (Lipinski definition) is 5. The maximum absolute atomic E-state index is 4.69. The Bertz CT molecular complexity index is 931. The third kappa shape index (κ3) is 4.33. The van der Waals surface area contributed by atoms with Gasteiger partial charge < -0.3 is 5.32 Å².